The largest absolute Gasteiger partial charge is 0.416 e. The molecule has 2 rings (SSSR count). The van der Waals surface area contributed by atoms with Crippen molar-refractivity contribution >= 4 is 27.9 Å². The normalized spacial score (nSPS) is 14.4. The highest BCUT2D eigenvalue weighted by Crippen LogP contribution is 2.34. The molecule has 0 aromatic heterocycles. The summed E-state index contributed by atoms with van der Waals surface area (Å²) in [6.07, 6.45) is -9.61. The maximum Gasteiger partial charge on any atom is 0.416 e. The Labute approximate surface area is 170 Å². The average molecular weight is 474 g/mol. The zero-order valence-corrected chi connectivity index (χ0v) is 16.2. The van der Waals surface area contributed by atoms with Gasteiger partial charge >= 0.3 is 12.4 Å². The van der Waals surface area contributed by atoms with Gasteiger partial charge in [0.1, 0.15) is 0 Å². The fourth-order valence-corrected chi connectivity index (χ4v) is 3.64. The van der Waals surface area contributed by atoms with Gasteiger partial charge in [-0.25, -0.2) is 8.42 Å². The molecule has 2 atom stereocenters. The quantitative estimate of drug-likeness (QED) is 0.368. The number of alkyl halides is 6. The molecule has 0 bridgehead atoms. The van der Waals surface area contributed by atoms with Crippen LogP contribution in [-0.4, -0.2) is 23.3 Å². The SMILES string of the molecule is O=C(c1ccc(C(F)(F)F)cc1CS(=O)O)c1ccc(C(F)(F)F)cc1CS(=O)O. The molecule has 2 N–H and O–H groups in total. The maximum atomic E-state index is 12.9. The van der Waals surface area contributed by atoms with Crippen LogP contribution in [0.3, 0.4) is 0 Å². The van der Waals surface area contributed by atoms with Crippen molar-refractivity contribution in [1.29, 1.82) is 0 Å². The molecule has 0 saturated heterocycles. The van der Waals surface area contributed by atoms with Crippen LogP contribution in [0.4, 0.5) is 26.3 Å². The number of benzene rings is 2. The molecule has 13 heteroatoms. The third-order valence-corrected chi connectivity index (χ3v) is 5.03. The molecule has 0 aliphatic heterocycles. The second kappa shape index (κ2) is 8.96. The lowest BCUT2D eigenvalue weighted by Gasteiger charge is -2.15. The van der Waals surface area contributed by atoms with Gasteiger partial charge in [-0.15, -0.1) is 0 Å². The average Bonchev–Trinajstić information content (AvgIpc) is 2.58. The van der Waals surface area contributed by atoms with Crippen molar-refractivity contribution < 1.29 is 48.7 Å². The lowest BCUT2D eigenvalue weighted by molar-refractivity contribution is -0.138. The van der Waals surface area contributed by atoms with E-state index in [4.69, 9.17) is 9.11 Å². The molecule has 0 fully saturated rings. The lowest BCUT2D eigenvalue weighted by Crippen LogP contribution is -2.15. The molecule has 0 saturated carbocycles. The third-order valence-electron chi connectivity index (χ3n) is 3.91. The highest BCUT2D eigenvalue weighted by atomic mass is 32.2. The molecule has 0 aliphatic carbocycles. The minimum atomic E-state index is -4.80. The van der Waals surface area contributed by atoms with E-state index in [0.717, 1.165) is 12.1 Å². The molecule has 0 radical (unpaired) electrons. The Hall–Kier alpha value is -2.09. The van der Waals surface area contributed by atoms with Crippen molar-refractivity contribution in [1.82, 2.24) is 0 Å². The molecule has 2 aromatic carbocycles. The first kappa shape index (κ1) is 24.2. The van der Waals surface area contributed by atoms with Crippen molar-refractivity contribution in [3.05, 3.63) is 69.8 Å². The van der Waals surface area contributed by atoms with Crippen molar-refractivity contribution in [2.45, 2.75) is 23.9 Å². The van der Waals surface area contributed by atoms with Crippen LogP contribution in [0.15, 0.2) is 36.4 Å². The van der Waals surface area contributed by atoms with Crippen LogP contribution >= 0.6 is 0 Å². The molecule has 2 aromatic rings. The van der Waals surface area contributed by atoms with E-state index in [0.29, 0.717) is 24.3 Å². The molecule has 0 amide bonds. The highest BCUT2D eigenvalue weighted by molar-refractivity contribution is 7.78. The first-order valence-electron chi connectivity index (χ1n) is 7.80. The van der Waals surface area contributed by atoms with E-state index in [1.807, 2.05) is 0 Å². The van der Waals surface area contributed by atoms with Gasteiger partial charge in [-0.1, -0.05) is 12.1 Å². The number of rotatable bonds is 6. The van der Waals surface area contributed by atoms with E-state index in [1.54, 1.807) is 0 Å². The Morgan fingerprint density at radius 3 is 1.33 bits per heavy atom. The van der Waals surface area contributed by atoms with E-state index < -0.39 is 85.2 Å². The third kappa shape index (κ3) is 5.97. The van der Waals surface area contributed by atoms with Gasteiger partial charge in [0.25, 0.3) is 0 Å². The second-order valence-corrected chi connectivity index (χ2v) is 7.86. The predicted molar refractivity (Wildman–Crippen MR) is 95.3 cm³/mol. The topological polar surface area (TPSA) is 91.7 Å². The molecular formula is C17H12F6O5S2. The number of hydrogen-bond acceptors (Lipinski definition) is 3. The summed E-state index contributed by atoms with van der Waals surface area (Å²) in [6.45, 7) is 0. The summed E-state index contributed by atoms with van der Waals surface area (Å²) >= 11 is -5.24. The van der Waals surface area contributed by atoms with Crippen molar-refractivity contribution in [3.63, 3.8) is 0 Å². The van der Waals surface area contributed by atoms with Crippen molar-refractivity contribution in [3.8, 4) is 0 Å². The van der Waals surface area contributed by atoms with Gasteiger partial charge in [0, 0.05) is 11.1 Å². The van der Waals surface area contributed by atoms with Crippen LogP contribution in [-0.2, 0) is 46.0 Å². The van der Waals surface area contributed by atoms with Crippen molar-refractivity contribution in [2.24, 2.45) is 0 Å². The lowest BCUT2D eigenvalue weighted by atomic mass is 9.93. The minimum absolute atomic E-state index is 0.449. The molecule has 0 spiro atoms. The van der Waals surface area contributed by atoms with Gasteiger partial charge in [-0.3, -0.25) is 4.79 Å². The summed E-state index contributed by atoms with van der Waals surface area (Å²) in [7, 11) is 0. The van der Waals surface area contributed by atoms with E-state index >= 15 is 0 Å². The molecule has 164 valence electrons. The second-order valence-electron chi connectivity index (χ2n) is 6.00. The summed E-state index contributed by atoms with van der Waals surface area (Å²) in [5.74, 6) is -2.74. The molecule has 0 heterocycles. The summed E-state index contributed by atoms with van der Waals surface area (Å²) < 4.78 is 118. The Morgan fingerprint density at radius 1 is 0.733 bits per heavy atom. The fourth-order valence-electron chi connectivity index (χ4n) is 2.63. The zero-order valence-electron chi connectivity index (χ0n) is 14.6. The van der Waals surface area contributed by atoms with Crippen LogP contribution in [0.2, 0.25) is 0 Å². The monoisotopic (exact) mass is 474 g/mol. The van der Waals surface area contributed by atoms with Crippen LogP contribution in [0, 0.1) is 0 Å². The maximum absolute atomic E-state index is 12.9. The minimum Gasteiger partial charge on any atom is -0.306 e. The first-order valence-corrected chi connectivity index (χ1v) is 10.3. The van der Waals surface area contributed by atoms with Gasteiger partial charge in [0.05, 0.1) is 22.6 Å². The number of halogens is 6. The number of carbonyl (C=O) groups is 1. The summed E-state index contributed by atoms with van der Waals surface area (Å²) in [6, 6.07) is 3.57. The van der Waals surface area contributed by atoms with Crippen LogP contribution in [0.1, 0.15) is 38.2 Å². The van der Waals surface area contributed by atoms with Crippen LogP contribution in [0.5, 0.6) is 0 Å². The molecular weight excluding hydrogens is 462 g/mol. The summed E-state index contributed by atoms with van der Waals surface area (Å²) in [4.78, 5) is 12.8. The molecule has 30 heavy (non-hydrogen) atoms. The predicted octanol–water partition coefficient (Wildman–Crippen LogP) is 4.40. The van der Waals surface area contributed by atoms with Gasteiger partial charge in [-0.2, -0.15) is 26.3 Å². The number of hydrogen-bond donors (Lipinski definition) is 2. The van der Waals surface area contributed by atoms with Gasteiger partial charge in [0.2, 0.25) is 0 Å². The van der Waals surface area contributed by atoms with Gasteiger partial charge < -0.3 is 9.11 Å². The standard InChI is InChI=1S/C17H12F6O5S2/c18-16(19,20)11-1-3-13(9(5-11)7-29(25)26)15(24)14-4-2-12(17(21,22)23)6-10(14)8-30(27)28/h1-6H,7-8H2,(H,25,26)(H,27,28). The Bertz CT molecular complexity index is 937. The summed E-state index contributed by atoms with van der Waals surface area (Å²) in [5.41, 5.74) is -4.18. The Morgan fingerprint density at radius 2 is 1.07 bits per heavy atom. The summed E-state index contributed by atoms with van der Waals surface area (Å²) in [5, 5.41) is 0. The van der Waals surface area contributed by atoms with E-state index in [2.05, 4.69) is 0 Å². The van der Waals surface area contributed by atoms with E-state index in [-0.39, 0.29) is 0 Å². The molecule has 0 aliphatic rings. The first-order chi connectivity index (χ1) is 13.7. The highest BCUT2D eigenvalue weighted by Gasteiger charge is 2.33. The van der Waals surface area contributed by atoms with E-state index in [9.17, 15) is 39.6 Å². The smallest absolute Gasteiger partial charge is 0.306 e. The molecule has 2 unspecified atom stereocenters. The fraction of sp³-hybridized carbons (Fsp3) is 0.235. The number of ketones is 1. The van der Waals surface area contributed by atoms with Crippen LogP contribution in [0.25, 0.3) is 0 Å². The molecule has 5 nitrogen and oxygen atoms in total. The van der Waals surface area contributed by atoms with E-state index in [1.165, 1.54) is 0 Å². The Kier molecular flexibility index (Phi) is 7.22. The zero-order chi connectivity index (χ0) is 22.9. The Balaban J connectivity index is 2.64. The number of carbonyl (C=O) groups excluding carboxylic acids is 1. The van der Waals surface area contributed by atoms with Gasteiger partial charge in [-0.05, 0) is 35.4 Å². The van der Waals surface area contributed by atoms with Crippen molar-refractivity contribution in [2.75, 3.05) is 0 Å². The van der Waals surface area contributed by atoms with Gasteiger partial charge in [0.15, 0.2) is 27.9 Å². The van der Waals surface area contributed by atoms with Crippen LogP contribution < -0.4 is 0 Å².